The smallest absolute Gasteiger partial charge is 0.343 e. The van der Waals surface area contributed by atoms with Crippen molar-refractivity contribution in [3.8, 4) is 11.4 Å². The first-order valence-corrected chi connectivity index (χ1v) is 16.1. The molecule has 5 rings (SSSR count). The normalized spacial score (nSPS) is 20.8. The molecule has 0 amide bonds. The zero-order chi connectivity index (χ0) is 26.7. The number of carbonyl (C=O) groups is 2. The number of hydrogen-bond acceptors (Lipinski definition) is 7. The number of carbonyl (C=O) groups excluding carboxylic acids is 2. The number of ether oxygens (including phenoxy) is 2. The molecular weight excluding hydrogens is 488 g/mol. The lowest BCUT2D eigenvalue weighted by molar-refractivity contribution is -0.178. The van der Waals surface area contributed by atoms with Gasteiger partial charge in [-0.2, -0.15) is 0 Å². The first-order chi connectivity index (χ1) is 17.4. The number of pyridine rings is 2. The molecule has 4 heterocycles. The van der Waals surface area contributed by atoms with Crippen molar-refractivity contribution in [2.45, 2.75) is 64.2 Å². The Bertz CT molecular complexity index is 1550. The number of cyclic esters (lactones) is 1. The van der Waals surface area contributed by atoms with Crippen molar-refractivity contribution in [3.05, 3.63) is 75.3 Å². The third-order valence-electron chi connectivity index (χ3n) is 6.93. The van der Waals surface area contributed by atoms with E-state index in [1.165, 1.54) is 6.92 Å². The van der Waals surface area contributed by atoms with Crippen molar-refractivity contribution in [3.63, 3.8) is 0 Å². The number of nitrogens with zero attached hydrogens (tertiary/aromatic N) is 2. The number of fused-ring (bicyclic) bond motifs is 5. The maximum absolute atomic E-state index is 14.1. The molecule has 0 saturated carbocycles. The minimum atomic E-state index is -2.01. The lowest BCUT2D eigenvalue weighted by atomic mass is 9.83. The van der Waals surface area contributed by atoms with Crippen molar-refractivity contribution in [1.29, 1.82) is 0 Å². The van der Waals surface area contributed by atoms with E-state index in [1.807, 2.05) is 30.3 Å². The van der Waals surface area contributed by atoms with E-state index in [1.54, 1.807) is 23.6 Å². The molecular formula is C28H30N2O6Si. The minimum Gasteiger partial charge on any atom is -0.447 e. The molecule has 9 heteroatoms. The van der Waals surface area contributed by atoms with Crippen LogP contribution in [0.1, 0.15) is 43.1 Å². The maximum Gasteiger partial charge on any atom is 0.343 e. The van der Waals surface area contributed by atoms with E-state index < -0.39 is 37.3 Å². The highest BCUT2D eigenvalue weighted by Gasteiger charge is 2.50. The number of allylic oxidation sites excluding steroid dienone is 1. The zero-order valence-electron chi connectivity index (χ0n) is 21.6. The highest BCUT2D eigenvalue weighted by Crippen LogP contribution is 2.44. The number of aliphatic hydroxyl groups is 1. The minimum absolute atomic E-state index is 0.00791. The van der Waals surface area contributed by atoms with Gasteiger partial charge in [-0.1, -0.05) is 44.8 Å². The van der Waals surface area contributed by atoms with Gasteiger partial charge in [0.1, 0.15) is 5.76 Å². The molecule has 0 fully saturated rings. The van der Waals surface area contributed by atoms with Gasteiger partial charge in [-0.25, -0.2) is 9.78 Å². The Hall–Kier alpha value is -3.56. The van der Waals surface area contributed by atoms with Crippen LogP contribution < -0.4 is 5.56 Å². The third-order valence-corrected chi connectivity index (χ3v) is 8.36. The molecule has 1 aromatic carbocycles. The van der Waals surface area contributed by atoms with Gasteiger partial charge in [-0.15, -0.1) is 0 Å². The Balaban J connectivity index is 1.75. The van der Waals surface area contributed by atoms with Gasteiger partial charge in [-0.3, -0.25) is 9.59 Å². The summed E-state index contributed by atoms with van der Waals surface area (Å²) in [7, 11) is -1.63. The molecule has 0 spiro atoms. The zero-order valence-corrected chi connectivity index (χ0v) is 22.6. The Labute approximate surface area is 215 Å². The summed E-state index contributed by atoms with van der Waals surface area (Å²) in [6, 6.07) is 12.0. The van der Waals surface area contributed by atoms with Crippen LogP contribution in [0, 0.1) is 0 Å². The molecule has 0 bridgehead atoms. The monoisotopic (exact) mass is 518 g/mol. The molecule has 0 radical (unpaired) electrons. The third kappa shape index (κ3) is 4.21. The van der Waals surface area contributed by atoms with Crippen LogP contribution in [-0.4, -0.2) is 34.7 Å². The number of rotatable bonds is 5. The summed E-state index contributed by atoms with van der Waals surface area (Å²) in [6.07, 6.45) is 0.510. The fraction of sp³-hybridized carbons (Fsp3) is 0.357. The Morgan fingerprint density at radius 2 is 2.00 bits per heavy atom. The van der Waals surface area contributed by atoms with E-state index in [9.17, 15) is 19.5 Å². The van der Waals surface area contributed by atoms with Gasteiger partial charge in [0.2, 0.25) is 0 Å². The first kappa shape index (κ1) is 25.1. The van der Waals surface area contributed by atoms with Crippen molar-refractivity contribution in [2.75, 3.05) is 0 Å². The standard InChI is InChI=1S/C28H30N2O6Si/c1-6-28(34)19-14-21-24-18(13-17-9-7-8-10-20(17)29-24)15-30(21)26(32)23(19)25(36-27(28)33)22(35-16(2)31)11-12-37(3,4)5/h7-11,13-14,25,34H,6,12,15H2,1-5H3/b22-11-/t25?,28-/m0/s1. The average Bonchev–Trinajstić information content (AvgIpc) is 3.20. The number of aromatic nitrogens is 2. The fourth-order valence-corrected chi connectivity index (χ4v) is 5.78. The summed E-state index contributed by atoms with van der Waals surface area (Å²) in [4.78, 5) is 44.0. The molecule has 1 N–H and O–H groups in total. The van der Waals surface area contributed by atoms with Crippen LogP contribution in [0.25, 0.3) is 22.3 Å². The predicted octanol–water partition coefficient (Wildman–Crippen LogP) is 4.41. The SMILES string of the molecule is CC[C@@]1(O)C(=O)OC(/C(=C/C[Si](C)(C)C)OC(C)=O)c2c1cc1n(c2=O)Cc2cc3ccccc3nc2-1. The van der Waals surface area contributed by atoms with Gasteiger partial charge in [-0.05, 0) is 36.7 Å². The lowest BCUT2D eigenvalue weighted by Gasteiger charge is -2.36. The summed E-state index contributed by atoms with van der Waals surface area (Å²) in [5.41, 5.74) is 0.678. The van der Waals surface area contributed by atoms with Crippen LogP contribution in [-0.2, 0) is 31.2 Å². The van der Waals surface area contributed by atoms with E-state index in [-0.39, 0.29) is 23.3 Å². The molecule has 192 valence electrons. The second kappa shape index (κ2) is 8.78. The average molecular weight is 519 g/mol. The molecule has 2 aliphatic heterocycles. The summed E-state index contributed by atoms with van der Waals surface area (Å²) in [6.45, 7) is 9.68. The highest BCUT2D eigenvalue weighted by atomic mass is 28.3. The molecule has 1 unspecified atom stereocenters. The molecule has 2 aromatic heterocycles. The first-order valence-electron chi connectivity index (χ1n) is 12.4. The van der Waals surface area contributed by atoms with E-state index in [4.69, 9.17) is 14.5 Å². The van der Waals surface area contributed by atoms with Gasteiger partial charge >= 0.3 is 11.9 Å². The van der Waals surface area contributed by atoms with Crippen molar-refractivity contribution >= 4 is 30.9 Å². The van der Waals surface area contributed by atoms with Gasteiger partial charge in [0.05, 0.1) is 29.0 Å². The molecule has 3 aromatic rings. The highest BCUT2D eigenvalue weighted by molar-refractivity contribution is 6.76. The van der Waals surface area contributed by atoms with Crippen molar-refractivity contribution in [1.82, 2.24) is 9.55 Å². The number of esters is 2. The quantitative estimate of drug-likeness (QED) is 0.237. The van der Waals surface area contributed by atoms with Gasteiger partial charge in [0.25, 0.3) is 5.56 Å². The topological polar surface area (TPSA) is 108 Å². The van der Waals surface area contributed by atoms with E-state index >= 15 is 0 Å². The van der Waals surface area contributed by atoms with Crippen LogP contribution in [0.4, 0.5) is 0 Å². The Kier molecular flexibility index (Phi) is 5.95. The van der Waals surface area contributed by atoms with Gasteiger partial charge < -0.3 is 19.1 Å². The van der Waals surface area contributed by atoms with E-state index in [2.05, 4.69) is 19.6 Å². The molecule has 8 nitrogen and oxygen atoms in total. The second-order valence-corrected chi connectivity index (χ2v) is 16.4. The fourth-order valence-electron chi connectivity index (χ4n) is 4.97. The van der Waals surface area contributed by atoms with E-state index in [0.29, 0.717) is 24.0 Å². The van der Waals surface area contributed by atoms with Crippen LogP contribution in [0.3, 0.4) is 0 Å². The lowest BCUT2D eigenvalue weighted by Crippen LogP contribution is -2.46. The molecule has 0 aliphatic carbocycles. The predicted molar refractivity (Wildman–Crippen MR) is 142 cm³/mol. The van der Waals surface area contributed by atoms with Crippen molar-refractivity contribution < 1.29 is 24.2 Å². The summed E-state index contributed by atoms with van der Waals surface area (Å²) < 4.78 is 12.8. The number of benzene rings is 1. The largest absolute Gasteiger partial charge is 0.447 e. The second-order valence-electron chi connectivity index (χ2n) is 10.9. The Morgan fingerprint density at radius 3 is 2.68 bits per heavy atom. The number of hydrogen-bond donors (Lipinski definition) is 1. The van der Waals surface area contributed by atoms with Crippen LogP contribution in [0.15, 0.2) is 53.0 Å². The Morgan fingerprint density at radius 1 is 1.27 bits per heavy atom. The summed E-state index contributed by atoms with van der Waals surface area (Å²) in [5.74, 6) is -1.37. The van der Waals surface area contributed by atoms with Gasteiger partial charge in [0.15, 0.2) is 11.7 Å². The van der Waals surface area contributed by atoms with Crippen LogP contribution in [0.5, 0.6) is 0 Å². The van der Waals surface area contributed by atoms with Crippen LogP contribution >= 0.6 is 0 Å². The molecule has 0 saturated heterocycles. The van der Waals surface area contributed by atoms with Crippen molar-refractivity contribution in [2.24, 2.45) is 0 Å². The molecule has 2 atom stereocenters. The maximum atomic E-state index is 14.1. The van der Waals surface area contributed by atoms with E-state index in [0.717, 1.165) is 16.5 Å². The summed E-state index contributed by atoms with van der Waals surface area (Å²) in [5, 5.41) is 12.4. The molecule has 2 aliphatic rings. The molecule has 37 heavy (non-hydrogen) atoms. The number of para-hydroxylation sites is 1. The summed E-state index contributed by atoms with van der Waals surface area (Å²) >= 11 is 0. The van der Waals surface area contributed by atoms with Gasteiger partial charge in [0, 0.05) is 31.5 Å². The van der Waals surface area contributed by atoms with Crippen LogP contribution in [0.2, 0.25) is 25.7 Å².